The van der Waals surface area contributed by atoms with E-state index in [-0.39, 0.29) is 17.8 Å². The number of phenolic OH excluding ortho intramolecular Hbond substituents is 2. The number of carbonyl (C=O) groups is 1. The molecule has 3 rings (SSSR count). The van der Waals surface area contributed by atoms with Gasteiger partial charge in [0, 0.05) is 17.3 Å². The molecule has 0 spiro atoms. The van der Waals surface area contributed by atoms with Gasteiger partial charge in [0.2, 0.25) is 11.7 Å². The van der Waals surface area contributed by atoms with Gasteiger partial charge in [-0.2, -0.15) is 0 Å². The molecule has 0 aromatic heterocycles. The number of aromatic carboxylic acids is 1. The minimum atomic E-state index is -2.47. The molecule has 0 saturated carbocycles. The highest BCUT2D eigenvalue weighted by molar-refractivity contribution is 6.30. The average Bonchev–Trinajstić information content (AvgIpc) is 2.80. The highest BCUT2D eigenvalue weighted by Gasteiger charge is 2.29. The van der Waals surface area contributed by atoms with Crippen LogP contribution < -0.4 is 10.6 Å². The van der Waals surface area contributed by atoms with Gasteiger partial charge >= 0.3 is 5.97 Å². The normalized spacial score (nSPS) is 12.3. The number of halogens is 1. The number of benzene rings is 3. The SMILES string of the molecule is O=C(O)c1c(O)c(O)c(O)c(-c2cccc(NCC(O)(O)NCC(O)c3cccc(Cl)c3)c2)c1O. The van der Waals surface area contributed by atoms with Gasteiger partial charge in [0.1, 0.15) is 11.3 Å². The maximum Gasteiger partial charge on any atom is 0.343 e. The number of anilines is 1. The number of phenols is 4. The maximum atomic E-state index is 11.4. The Morgan fingerprint density at radius 2 is 1.63 bits per heavy atom. The summed E-state index contributed by atoms with van der Waals surface area (Å²) in [6, 6.07) is 12.1. The highest BCUT2D eigenvalue weighted by Crippen LogP contribution is 2.51. The van der Waals surface area contributed by atoms with E-state index in [0.717, 1.165) is 0 Å². The Kier molecular flexibility index (Phi) is 7.58. The molecule has 0 fully saturated rings. The first-order valence-corrected chi connectivity index (χ1v) is 10.5. The molecule has 1 unspecified atom stereocenters. The molecule has 0 saturated heterocycles. The molecule has 186 valence electrons. The van der Waals surface area contributed by atoms with Crippen LogP contribution in [0.4, 0.5) is 5.69 Å². The minimum absolute atomic E-state index is 0.0496. The Bertz CT molecular complexity index is 1250. The third kappa shape index (κ3) is 5.85. The summed E-state index contributed by atoms with van der Waals surface area (Å²) in [5, 5.41) is 85.5. The molecular formula is C23H23ClN2O9. The molecule has 3 aromatic rings. The molecule has 35 heavy (non-hydrogen) atoms. The van der Waals surface area contributed by atoms with Gasteiger partial charge in [-0.25, -0.2) is 4.79 Å². The molecule has 0 bridgehead atoms. The Morgan fingerprint density at radius 1 is 0.943 bits per heavy atom. The van der Waals surface area contributed by atoms with Crippen molar-refractivity contribution in [3.05, 3.63) is 64.7 Å². The summed E-state index contributed by atoms with van der Waals surface area (Å²) in [6.07, 6.45) is -1.08. The van der Waals surface area contributed by atoms with Crippen molar-refractivity contribution in [2.45, 2.75) is 12.0 Å². The van der Waals surface area contributed by atoms with E-state index >= 15 is 0 Å². The second-order valence-electron chi connectivity index (χ2n) is 7.65. The van der Waals surface area contributed by atoms with E-state index in [1.807, 2.05) is 0 Å². The number of carboxylic acids is 1. The molecule has 3 aromatic carbocycles. The van der Waals surface area contributed by atoms with Gasteiger partial charge in [-0.1, -0.05) is 35.9 Å². The van der Waals surface area contributed by atoms with E-state index in [2.05, 4.69) is 10.6 Å². The fraction of sp³-hybridized carbons (Fsp3) is 0.174. The summed E-state index contributed by atoms with van der Waals surface area (Å²) in [4.78, 5) is 11.4. The number of nitrogens with one attached hydrogen (secondary N) is 2. The van der Waals surface area contributed by atoms with Crippen molar-refractivity contribution in [2.75, 3.05) is 18.4 Å². The Labute approximate surface area is 203 Å². The largest absolute Gasteiger partial charge is 0.506 e. The molecule has 0 radical (unpaired) electrons. The zero-order chi connectivity index (χ0) is 25.9. The molecule has 11 nitrogen and oxygen atoms in total. The summed E-state index contributed by atoms with van der Waals surface area (Å²) in [7, 11) is 0. The van der Waals surface area contributed by atoms with Gasteiger partial charge in [-0.3, -0.25) is 5.32 Å². The lowest BCUT2D eigenvalue weighted by Crippen LogP contribution is -2.51. The predicted molar refractivity (Wildman–Crippen MR) is 126 cm³/mol. The fourth-order valence-electron chi connectivity index (χ4n) is 3.34. The number of carboxylic acid groups (broad SMARTS) is 1. The highest BCUT2D eigenvalue weighted by atomic mass is 35.5. The number of aliphatic hydroxyl groups excluding tert-OH is 1. The first kappa shape index (κ1) is 25.9. The maximum absolute atomic E-state index is 11.4. The summed E-state index contributed by atoms with van der Waals surface area (Å²) >= 11 is 5.89. The van der Waals surface area contributed by atoms with Crippen LogP contribution in [0.15, 0.2) is 48.5 Å². The number of aromatic hydroxyl groups is 4. The lowest BCUT2D eigenvalue weighted by Gasteiger charge is -2.25. The molecular weight excluding hydrogens is 484 g/mol. The number of hydrogen-bond donors (Lipinski definition) is 10. The smallest absolute Gasteiger partial charge is 0.343 e. The van der Waals surface area contributed by atoms with Crippen molar-refractivity contribution in [3.8, 4) is 34.1 Å². The lowest BCUT2D eigenvalue weighted by atomic mass is 9.98. The first-order valence-electron chi connectivity index (χ1n) is 10.1. The van der Waals surface area contributed by atoms with Crippen molar-refractivity contribution in [3.63, 3.8) is 0 Å². The van der Waals surface area contributed by atoms with Gasteiger partial charge in [0.25, 0.3) is 0 Å². The molecule has 0 heterocycles. The van der Waals surface area contributed by atoms with Gasteiger partial charge < -0.3 is 46.2 Å². The van der Waals surface area contributed by atoms with Gasteiger partial charge in [-0.05, 0) is 35.4 Å². The van der Waals surface area contributed by atoms with E-state index in [9.17, 15) is 45.6 Å². The van der Waals surface area contributed by atoms with Crippen molar-refractivity contribution in [1.29, 1.82) is 0 Å². The van der Waals surface area contributed by atoms with Gasteiger partial charge in [0.05, 0.1) is 18.2 Å². The van der Waals surface area contributed by atoms with Crippen LogP contribution in [-0.4, -0.2) is 65.8 Å². The third-order valence-electron chi connectivity index (χ3n) is 5.11. The van der Waals surface area contributed by atoms with Crippen LogP contribution in [0.2, 0.25) is 5.02 Å². The van der Waals surface area contributed by atoms with E-state index in [1.165, 1.54) is 30.3 Å². The summed E-state index contributed by atoms with van der Waals surface area (Å²) in [5.41, 5.74) is -0.674. The second-order valence-corrected chi connectivity index (χ2v) is 8.09. The summed E-state index contributed by atoms with van der Waals surface area (Å²) in [6.45, 7) is -0.695. The predicted octanol–water partition coefficient (Wildman–Crippen LogP) is 1.90. The standard InChI is InChI=1S/C23H23ClN2O9/c24-13-5-1-3-11(7-13)15(27)9-26-23(34,35)10-25-14-6-2-4-12(8-14)16-18(28)17(22(32)33)20(30)21(31)19(16)29/h1-8,15,25-31,34-35H,9-10H2,(H,32,33). The Hall–Kier alpha value is -3.74. The van der Waals surface area contributed by atoms with Crippen LogP contribution >= 0.6 is 11.6 Å². The van der Waals surface area contributed by atoms with E-state index in [4.69, 9.17) is 11.6 Å². The molecule has 0 aliphatic rings. The first-order chi connectivity index (χ1) is 16.4. The topological polar surface area (TPSA) is 203 Å². The molecule has 0 aliphatic heterocycles. The van der Waals surface area contributed by atoms with Crippen molar-refractivity contribution in [2.24, 2.45) is 0 Å². The quantitative estimate of drug-likeness (QED) is 0.115. The average molecular weight is 507 g/mol. The number of aliphatic hydroxyl groups is 3. The van der Waals surface area contributed by atoms with Crippen LogP contribution in [0.3, 0.4) is 0 Å². The minimum Gasteiger partial charge on any atom is -0.506 e. The van der Waals surface area contributed by atoms with Crippen LogP contribution in [0, 0.1) is 0 Å². The fourth-order valence-corrected chi connectivity index (χ4v) is 3.54. The van der Waals surface area contributed by atoms with E-state index in [0.29, 0.717) is 10.6 Å². The third-order valence-corrected chi connectivity index (χ3v) is 5.35. The number of rotatable bonds is 9. The zero-order valence-electron chi connectivity index (χ0n) is 18.0. The Morgan fingerprint density at radius 3 is 2.29 bits per heavy atom. The molecule has 0 amide bonds. The zero-order valence-corrected chi connectivity index (χ0v) is 18.7. The summed E-state index contributed by atoms with van der Waals surface area (Å²) < 4.78 is 0. The second kappa shape index (κ2) is 10.3. The van der Waals surface area contributed by atoms with Crippen LogP contribution in [0.25, 0.3) is 11.1 Å². The lowest BCUT2D eigenvalue weighted by molar-refractivity contribution is -0.176. The van der Waals surface area contributed by atoms with Gasteiger partial charge in [-0.15, -0.1) is 0 Å². The van der Waals surface area contributed by atoms with Crippen LogP contribution in [0.1, 0.15) is 22.0 Å². The summed E-state index contributed by atoms with van der Waals surface area (Å²) in [5.74, 6) is -8.44. The van der Waals surface area contributed by atoms with Crippen molar-refractivity contribution >= 4 is 23.3 Å². The van der Waals surface area contributed by atoms with Crippen molar-refractivity contribution in [1.82, 2.24) is 5.32 Å². The Balaban J connectivity index is 1.75. The van der Waals surface area contributed by atoms with E-state index < -0.39 is 58.7 Å². The van der Waals surface area contributed by atoms with Crippen LogP contribution in [-0.2, 0) is 0 Å². The van der Waals surface area contributed by atoms with E-state index in [1.54, 1.807) is 18.2 Å². The van der Waals surface area contributed by atoms with Gasteiger partial charge in [0.15, 0.2) is 11.5 Å². The van der Waals surface area contributed by atoms with Crippen LogP contribution in [0.5, 0.6) is 23.0 Å². The monoisotopic (exact) mass is 506 g/mol. The molecule has 0 aliphatic carbocycles. The molecule has 10 N–H and O–H groups in total. The van der Waals surface area contributed by atoms with Crippen molar-refractivity contribution < 1.29 is 45.6 Å². The molecule has 12 heteroatoms. The molecule has 1 atom stereocenters. The number of hydrogen-bond acceptors (Lipinski definition) is 10.